The molecule has 1 N–H and O–H groups in total. The molecule has 1 heterocycles. The van der Waals surface area contributed by atoms with Crippen LogP contribution in [0.15, 0.2) is 11.8 Å². The predicted octanol–water partition coefficient (Wildman–Crippen LogP) is 0.977. The molecule has 1 aromatic heterocycles. The molecule has 0 aliphatic carbocycles. The summed E-state index contributed by atoms with van der Waals surface area (Å²) in [6, 6.07) is 1.69. The van der Waals surface area contributed by atoms with E-state index in [4.69, 9.17) is 15.1 Å². The van der Waals surface area contributed by atoms with Gasteiger partial charge in [-0.2, -0.15) is 10.4 Å². The Balaban J connectivity index is 3.19. The number of nitriles is 1. The summed E-state index contributed by atoms with van der Waals surface area (Å²) in [6.07, 6.45) is 1.94. The Morgan fingerprint density at radius 1 is 1.58 bits per heavy atom. The van der Waals surface area contributed by atoms with E-state index in [2.05, 4.69) is 5.10 Å². The molecule has 0 spiro atoms. The number of nitrogens with zero attached hydrogens (tertiary/aromatic N) is 3. The van der Waals surface area contributed by atoms with Crippen molar-refractivity contribution < 1.29 is 19.4 Å². The van der Waals surface area contributed by atoms with Crippen molar-refractivity contribution in [3.63, 3.8) is 0 Å². The number of carbonyl (C=O) groups is 2. The molecule has 0 amide bonds. The highest BCUT2D eigenvalue weighted by atomic mass is 16.5. The summed E-state index contributed by atoms with van der Waals surface area (Å²) < 4.78 is 6.15. The molecule has 100 valence electrons. The largest absolute Gasteiger partial charge is 0.478 e. The van der Waals surface area contributed by atoms with Gasteiger partial charge in [-0.15, -0.1) is 0 Å². The number of aryl methyl sites for hydroxylation is 1. The molecule has 0 aromatic carbocycles. The highest BCUT2D eigenvalue weighted by molar-refractivity contribution is 6.00. The molecule has 0 unspecified atom stereocenters. The molecule has 7 heteroatoms. The zero-order valence-electron chi connectivity index (χ0n) is 10.7. The molecule has 0 bridgehead atoms. The second-order valence-corrected chi connectivity index (χ2v) is 4.00. The lowest BCUT2D eigenvalue weighted by atomic mass is 10.1. The van der Waals surface area contributed by atoms with Crippen LogP contribution in [-0.2, 0) is 16.6 Å². The number of hydrogen-bond acceptors (Lipinski definition) is 5. The van der Waals surface area contributed by atoms with E-state index in [1.54, 1.807) is 19.9 Å². The lowest BCUT2D eigenvalue weighted by molar-refractivity contribution is -0.142. The van der Waals surface area contributed by atoms with Crippen LogP contribution in [0.4, 0.5) is 0 Å². The van der Waals surface area contributed by atoms with Gasteiger partial charge in [0.2, 0.25) is 0 Å². The van der Waals surface area contributed by atoms with Crippen LogP contribution in [0.1, 0.15) is 29.9 Å². The number of carboxylic acid groups (broad SMARTS) is 1. The highest BCUT2D eigenvalue weighted by Gasteiger charge is 2.18. The Kier molecular flexibility index (Phi) is 4.42. The summed E-state index contributed by atoms with van der Waals surface area (Å²) >= 11 is 0. The molecule has 19 heavy (non-hydrogen) atoms. The first-order valence-corrected chi connectivity index (χ1v) is 5.45. The summed E-state index contributed by atoms with van der Waals surface area (Å²) in [5.41, 5.74) is -0.211. The van der Waals surface area contributed by atoms with Crippen molar-refractivity contribution in [1.29, 1.82) is 5.26 Å². The number of ether oxygens (including phenoxy) is 1. The Morgan fingerprint density at radius 3 is 2.68 bits per heavy atom. The smallest absolute Gasteiger partial charge is 0.349 e. The van der Waals surface area contributed by atoms with Gasteiger partial charge in [0.15, 0.2) is 0 Å². The van der Waals surface area contributed by atoms with Crippen LogP contribution in [0.2, 0.25) is 0 Å². The lowest BCUT2D eigenvalue weighted by Crippen LogP contribution is -2.13. The molecule has 0 fully saturated rings. The number of carboxylic acids is 1. The van der Waals surface area contributed by atoms with Crippen molar-refractivity contribution in [2.45, 2.75) is 20.0 Å². The van der Waals surface area contributed by atoms with Crippen molar-refractivity contribution in [2.75, 3.05) is 0 Å². The van der Waals surface area contributed by atoms with E-state index in [-0.39, 0.29) is 22.9 Å². The molecule has 0 atom stereocenters. The maximum atomic E-state index is 11.6. The fourth-order valence-corrected chi connectivity index (χ4v) is 1.33. The monoisotopic (exact) mass is 263 g/mol. The van der Waals surface area contributed by atoms with E-state index in [9.17, 15) is 9.59 Å². The van der Waals surface area contributed by atoms with Gasteiger partial charge in [-0.1, -0.05) is 0 Å². The SMILES string of the molecule is CC(C)OC(=O)/C(C#N)=C/c1c(C(=O)O)cnn1C. The molecule has 0 radical (unpaired) electrons. The van der Waals surface area contributed by atoms with E-state index in [0.717, 1.165) is 12.3 Å². The van der Waals surface area contributed by atoms with Gasteiger partial charge in [0.1, 0.15) is 17.2 Å². The summed E-state index contributed by atoms with van der Waals surface area (Å²) in [4.78, 5) is 22.6. The third kappa shape index (κ3) is 3.42. The quantitative estimate of drug-likeness (QED) is 0.493. The van der Waals surface area contributed by atoms with Gasteiger partial charge >= 0.3 is 11.9 Å². The topological polar surface area (TPSA) is 105 Å². The molecule has 7 nitrogen and oxygen atoms in total. The number of carbonyl (C=O) groups excluding carboxylic acids is 1. The van der Waals surface area contributed by atoms with E-state index in [0.29, 0.717) is 0 Å². The van der Waals surface area contributed by atoms with E-state index < -0.39 is 11.9 Å². The van der Waals surface area contributed by atoms with E-state index >= 15 is 0 Å². The standard InChI is InChI=1S/C12H13N3O4/c1-7(2)19-12(18)8(5-13)4-10-9(11(16)17)6-14-15(10)3/h4,6-7H,1-3H3,(H,16,17)/b8-4+. The van der Waals surface area contributed by atoms with Gasteiger partial charge in [0.25, 0.3) is 0 Å². The Hall–Kier alpha value is -2.62. The number of hydrogen-bond donors (Lipinski definition) is 1. The Morgan fingerprint density at radius 2 is 2.21 bits per heavy atom. The minimum atomic E-state index is -1.19. The minimum absolute atomic E-state index is 0.0902. The van der Waals surface area contributed by atoms with Crippen LogP contribution in [-0.4, -0.2) is 32.9 Å². The van der Waals surface area contributed by atoms with Crippen LogP contribution in [0, 0.1) is 11.3 Å². The lowest BCUT2D eigenvalue weighted by Gasteiger charge is -2.06. The van der Waals surface area contributed by atoms with Gasteiger partial charge < -0.3 is 9.84 Å². The average Bonchev–Trinajstić information content (AvgIpc) is 2.66. The van der Waals surface area contributed by atoms with Crippen molar-refractivity contribution in [1.82, 2.24) is 9.78 Å². The first kappa shape index (κ1) is 14.4. The number of aromatic nitrogens is 2. The fourth-order valence-electron chi connectivity index (χ4n) is 1.33. The van der Waals surface area contributed by atoms with Crippen LogP contribution in [0.3, 0.4) is 0 Å². The van der Waals surface area contributed by atoms with Gasteiger partial charge in [-0.05, 0) is 19.9 Å². The third-order valence-corrected chi connectivity index (χ3v) is 2.18. The summed E-state index contributed by atoms with van der Waals surface area (Å²) in [7, 11) is 1.51. The van der Waals surface area contributed by atoms with Crippen LogP contribution < -0.4 is 0 Å². The third-order valence-electron chi connectivity index (χ3n) is 2.18. The van der Waals surface area contributed by atoms with Crippen LogP contribution in [0.25, 0.3) is 6.08 Å². The van der Waals surface area contributed by atoms with Gasteiger partial charge in [-0.3, -0.25) is 4.68 Å². The summed E-state index contributed by atoms with van der Waals surface area (Å²) in [5.74, 6) is -1.98. The molecule has 0 aliphatic heterocycles. The average molecular weight is 263 g/mol. The molecule has 0 aliphatic rings. The second kappa shape index (κ2) is 5.82. The molecular weight excluding hydrogens is 250 g/mol. The molecule has 1 rings (SSSR count). The Bertz CT molecular complexity index is 578. The van der Waals surface area contributed by atoms with Gasteiger partial charge in [-0.25, -0.2) is 9.59 Å². The van der Waals surface area contributed by atoms with Gasteiger partial charge in [0.05, 0.1) is 18.0 Å². The predicted molar refractivity (Wildman–Crippen MR) is 65.0 cm³/mol. The highest BCUT2D eigenvalue weighted by Crippen LogP contribution is 2.13. The van der Waals surface area contributed by atoms with Crippen LogP contribution in [0.5, 0.6) is 0 Å². The first-order chi connectivity index (χ1) is 8.86. The van der Waals surface area contributed by atoms with Crippen molar-refractivity contribution in [3.05, 3.63) is 23.0 Å². The van der Waals surface area contributed by atoms with Crippen molar-refractivity contribution in [2.24, 2.45) is 7.05 Å². The Labute approximate surface area is 109 Å². The van der Waals surface area contributed by atoms with Crippen LogP contribution >= 0.6 is 0 Å². The molecule has 0 saturated carbocycles. The molecule has 0 saturated heterocycles. The van der Waals surface area contributed by atoms with Crippen molar-refractivity contribution >= 4 is 18.0 Å². The molecule has 1 aromatic rings. The summed E-state index contributed by atoms with van der Waals surface area (Å²) in [5, 5.41) is 21.7. The van der Waals surface area contributed by atoms with Gasteiger partial charge in [0, 0.05) is 7.05 Å². The molecular formula is C12H13N3O4. The zero-order valence-corrected chi connectivity index (χ0v) is 10.7. The number of rotatable bonds is 4. The van der Waals surface area contributed by atoms with E-state index in [1.165, 1.54) is 11.7 Å². The maximum absolute atomic E-state index is 11.6. The maximum Gasteiger partial charge on any atom is 0.349 e. The minimum Gasteiger partial charge on any atom is -0.478 e. The van der Waals surface area contributed by atoms with Crippen molar-refractivity contribution in [3.8, 4) is 6.07 Å². The fraction of sp³-hybridized carbons (Fsp3) is 0.333. The first-order valence-electron chi connectivity index (χ1n) is 5.45. The second-order valence-electron chi connectivity index (χ2n) is 4.00. The van der Waals surface area contributed by atoms with E-state index in [1.807, 2.05) is 0 Å². The normalized spacial score (nSPS) is 11.2. The number of esters is 1. The summed E-state index contributed by atoms with van der Waals surface area (Å²) in [6.45, 7) is 3.30. The zero-order chi connectivity index (χ0) is 14.6. The number of aromatic carboxylic acids is 1.